The van der Waals surface area contributed by atoms with Crippen molar-refractivity contribution in [1.29, 1.82) is 0 Å². The molecular weight excluding hydrogens is 268 g/mol. The van der Waals surface area contributed by atoms with Gasteiger partial charge in [0.15, 0.2) is 0 Å². The molecule has 21 heavy (non-hydrogen) atoms. The summed E-state index contributed by atoms with van der Waals surface area (Å²) in [4.78, 5) is 15.4. The Kier molecular flexibility index (Phi) is 4.98. The van der Waals surface area contributed by atoms with Crippen molar-refractivity contribution in [2.45, 2.75) is 13.5 Å². The molecule has 0 aliphatic heterocycles. The number of aromatic nitrogens is 1. The van der Waals surface area contributed by atoms with Gasteiger partial charge in [0.2, 0.25) is 0 Å². The molecule has 0 unspecified atom stereocenters. The van der Waals surface area contributed by atoms with Crippen LogP contribution in [0.1, 0.15) is 12.5 Å². The van der Waals surface area contributed by atoms with Gasteiger partial charge in [-0.15, -0.1) is 0 Å². The van der Waals surface area contributed by atoms with E-state index in [0.29, 0.717) is 30.3 Å². The van der Waals surface area contributed by atoms with E-state index in [1.165, 1.54) is 6.20 Å². The van der Waals surface area contributed by atoms with E-state index < -0.39 is 6.09 Å². The second kappa shape index (κ2) is 7.14. The van der Waals surface area contributed by atoms with E-state index in [1.807, 2.05) is 30.3 Å². The molecule has 0 aliphatic carbocycles. The largest absolute Gasteiger partial charge is 0.450 e. The molecule has 0 bridgehead atoms. The number of amides is 1. The third-order valence-corrected chi connectivity index (χ3v) is 2.77. The van der Waals surface area contributed by atoms with Crippen molar-refractivity contribution in [3.63, 3.8) is 0 Å². The molecule has 2 rings (SSSR count). The molecule has 110 valence electrons. The molecule has 6 nitrogen and oxygen atoms in total. The number of nitrogens with zero attached hydrogens (tertiary/aromatic N) is 1. The van der Waals surface area contributed by atoms with Gasteiger partial charge in [0.25, 0.3) is 0 Å². The SMILES string of the molecule is CCOC(=O)Nc1cc(NCc2ccccc2)c(N)cn1. The zero-order chi connectivity index (χ0) is 15.1. The quantitative estimate of drug-likeness (QED) is 0.786. The summed E-state index contributed by atoms with van der Waals surface area (Å²) >= 11 is 0. The molecule has 2 aromatic rings. The molecule has 0 spiro atoms. The van der Waals surface area contributed by atoms with Crippen LogP contribution < -0.4 is 16.4 Å². The van der Waals surface area contributed by atoms with Gasteiger partial charge < -0.3 is 15.8 Å². The number of pyridine rings is 1. The Hall–Kier alpha value is -2.76. The summed E-state index contributed by atoms with van der Waals surface area (Å²) in [5.41, 5.74) is 8.23. The first-order chi connectivity index (χ1) is 10.2. The van der Waals surface area contributed by atoms with E-state index in [-0.39, 0.29) is 0 Å². The molecule has 0 atom stereocenters. The van der Waals surface area contributed by atoms with Crippen LogP contribution in [-0.2, 0) is 11.3 Å². The highest BCUT2D eigenvalue weighted by atomic mass is 16.5. The third kappa shape index (κ3) is 4.38. The second-order valence-electron chi connectivity index (χ2n) is 4.34. The molecule has 0 fully saturated rings. The van der Waals surface area contributed by atoms with E-state index in [4.69, 9.17) is 10.5 Å². The number of carbonyl (C=O) groups is 1. The lowest BCUT2D eigenvalue weighted by atomic mass is 10.2. The van der Waals surface area contributed by atoms with Crippen LogP contribution in [0.25, 0.3) is 0 Å². The minimum absolute atomic E-state index is 0.305. The van der Waals surface area contributed by atoms with Gasteiger partial charge in [-0.2, -0.15) is 0 Å². The summed E-state index contributed by atoms with van der Waals surface area (Å²) in [6, 6.07) is 11.6. The van der Waals surface area contributed by atoms with Gasteiger partial charge in [-0.05, 0) is 12.5 Å². The van der Waals surface area contributed by atoms with E-state index in [0.717, 1.165) is 5.56 Å². The first-order valence-corrected chi connectivity index (χ1v) is 6.66. The second-order valence-corrected chi connectivity index (χ2v) is 4.34. The molecular formula is C15H18N4O2. The highest BCUT2D eigenvalue weighted by Crippen LogP contribution is 2.21. The summed E-state index contributed by atoms with van der Waals surface area (Å²) in [6.07, 6.45) is 0.957. The average Bonchev–Trinajstić information content (AvgIpc) is 2.49. The first kappa shape index (κ1) is 14.6. The highest BCUT2D eigenvalue weighted by molar-refractivity contribution is 5.85. The fraction of sp³-hybridized carbons (Fsp3) is 0.200. The van der Waals surface area contributed by atoms with Gasteiger partial charge in [-0.1, -0.05) is 30.3 Å². The van der Waals surface area contributed by atoms with Crippen molar-refractivity contribution >= 4 is 23.3 Å². The predicted octanol–water partition coefficient (Wildman–Crippen LogP) is 2.84. The number of rotatable bonds is 5. The Morgan fingerprint density at radius 1 is 1.33 bits per heavy atom. The minimum Gasteiger partial charge on any atom is -0.450 e. The molecule has 4 N–H and O–H groups in total. The molecule has 0 aliphatic rings. The Morgan fingerprint density at radius 2 is 2.10 bits per heavy atom. The summed E-state index contributed by atoms with van der Waals surface area (Å²) in [5, 5.41) is 5.76. The smallest absolute Gasteiger partial charge is 0.412 e. The van der Waals surface area contributed by atoms with Gasteiger partial charge in [0.1, 0.15) is 5.82 Å². The van der Waals surface area contributed by atoms with Gasteiger partial charge in [0.05, 0.1) is 24.2 Å². The zero-order valence-electron chi connectivity index (χ0n) is 11.8. The van der Waals surface area contributed by atoms with Crippen LogP contribution in [0.5, 0.6) is 0 Å². The molecule has 0 saturated carbocycles. The third-order valence-electron chi connectivity index (χ3n) is 2.77. The number of carbonyl (C=O) groups excluding carboxylic acids is 1. The van der Waals surface area contributed by atoms with Gasteiger partial charge in [-0.25, -0.2) is 9.78 Å². The van der Waals surface area contributed by atoms with Crippen LogP contribution in [0.15, 0.2) is 42.6 Å². The number of nitrogens with two attached hydrogens (primary N) is 1. The van der Waals surface area contributed by atoms with Crippen molar-refractivity contribution in [1.82, 2.24) is 4.98 Å². The maximum absolute atomic E-state index is 11.4. The number of ether oxygens (including phenoxy) is 1. The van der Waals surface area contributed by atoms with Gasteiger partial charge >= 0.3 is 6.09 Å². The number of anilines is 3. The Bertz CT molecular complexity index is 602. The lowest BCUT2D eigenvalue weighted by Crippen LogP contribution is -2.14. The maximum atomic E-state index is 11.4. The number of hydrogen-bond acceptors (Lipinski definition) is 5. The normalized spacial score (nSPS) is 9.95. The Morgan fingerprint density at radius 3 is 2.81 bits per heavy atom. The van der Waals surface area contributed by atoms with Crippen LogP contribution in [0.2, 0.25) is 0 Å². The lowest BCUT2D eigenvalue weighted by molar-refractivity contribution is 0.168. The van der Waals surface area contributed by atoms with Crippen LogP contribution >= 0.6 is 0 Å². The van der Waals surface area contributed by atoms with E-state index in [2.05, 4.69) is 15.6 Å². The molecule has 6 heteroatoms. The van der Waals surface area contributed by atoms with E-state index >= 15 is 0 Å². The van der Waals surface area contributed by atoms with Crippen LogP contribution in [-0.4, -0.2) is 17.7 Å². The summed E-state index contributed by atoms with van der Waals surface area (Å²) in [5.74, 6) is 0.387. The topological polar surface area (TPSA) is 89.3 Å². The summed E-state index contributed by atoms with van der Waals surface area (Å²) in [6.45, 7) is 2.68. The molecule has 1 aromatic carbocycles. The number of benzene rings is 1. The fourth-order valence-corrected chi connectivity index (χ4v) is 1.75. The van der Waals surface area contributed by atoms with Crippen molar-refractivity contribution in [2.24, 2.45) is 0 Å². The summed E-state index contributed by atoms with van der Waals surface area (Å²) in [7, 11) is 0. The van der Waals surface area contributed by atoms with Crippen molar-refractivity contribution in [3.8, 4) is 0 Å². The van der Waals surface area contributed by atoms with Crippen LogP contribution in [0.3, 0.4) is 0 Å². The van der Waals surface area contributed by atoms with Crippen molar-refractivity contribution in [2.75, 3.05) is 23.0 Å². The number of nitrogens with one attached hydrogen (secondary N) is 2. The maximum Gasteiger partial charge on any atom is 0.412 e. The van der Waals surface area contributed by atoms with E-state index in [1.54, 1.807) is 13.0 Å². The lowest BCUT2D eigenvalue weighted by Gasteiger charge is -2.11. The first-order valence-electron chi connectivity index (χ1n) is 6.66. The highest BCUT2D eigenvalue weighted by Gasteiger charge is 2.06. The standard InChI is InChI=1S/C15H18N4O2/c1-2-21-15(20)19-14-8-13(12(16)10-18-14)17-9-11-6-4-3-5-7-11/h3-8,10H,2,9,16H2,1H3,(H2,17,18,19,20). The Balaban J connectivity index is 2.03. The average molecular weight is 286 g/mol. The van der Waals surface area contributed by atoms with Crippen LogP contribution in [0.4, 0.5) is 22.0 Å². The molecule has 1 aromatic heterocycles. The van der Waals surface area contributed by atoms with Gasteiger partial charge in [-0.3, -0.25) is 5.32 Å². The predicted molar refractivity (Wildman–Crippen MR) is 83.1 cm³/mol. The molecule has 1 amide bonds. The molecule has 0 saturated heterocycles. The monoisotopic (exact) mass is 286 g/mol. The van der Waals surface area contributed by atoms with Crippen LogP contribution in [0, 0.1) is 0 Å². The number of nitrogen functional groups attached to an aromatic ring is 1. The molecule has 0 radical (unpaired) electrons. The Labute approximate surface area is 123 Å². The zero-order valence-corrected chi connectivity index (χ0v) is 11.8. The van der Waals surface area contributed by atoms with Crippen molar-refractivity contribution in [3.05, 3.63) is 48.2 Å². The van der Waals surface area contributed by atoms with E-state index in [9.17, 15) is 4.79 Å². The van der Waals surface area contributed by atoms with Gasteiger partial charge in [0, 0.05) is 12.6 Å². The fourth-order valence-electron chi connectivity index (χ4n) is 1.75. The summed E-state index contributed by atoms with van der Waals surface area (Å²) < 4.78 is 4.80. The number of hydrogen-bond donors (Lipinski definition) is 3. The van der Waals surface area contributed by atoms with Crippen molar-refractivity contribution < 1.29 is 9.53 Å². The molecule has 1 heterocycles. The minimum atomic E-state index is -0.538.